The first-order valence-corrected chi connectivity index (χ1v) is 6.27. The molecule has 0 aliphatic carbocycles. The minimum Gasteiger partial charge on any atom is -0.396 e. The Labute approximate surface area is 103 Å². The third kappa shape index (κ3) is 3.04. The van der Waals surface area contributed by atoms with Gasteiger partial charge < -0.3 is 10.8 Å². The molecule has 5 nitrogen and oxygen atoms in total. The lowest BCUT2D eigenvalue weighted by molar-refractivity contribution is 0.0809. The fourth-order valence-corrected chi connectivity index (χ4v) is 1.95. The van der Waals surface area contributed by atoms with Gasteiger partial charge in [-0.15, -0.1) is 0 Å². The van der Waals surface area contributed by atoms with E-state index in [1.54, 1.807) is 6.33 Å². The van der Waals surface area contributed by atoms with Crippen molar-refractivity contribution < 1.29 is 5.11 Å². The Hall–Kier alpha value is -0.940. The molecule has 0 amide bonds. The van der Waals surface area contributed by atoms with Crippen LogP contribution >= 0.6 is 0 Å². The summed E-state index contributed by atoms with van der Waals surface area (Å²) in [5, 5.41) is 13.8. The minimum atomic E-state index is -0.293. The molecule has 0 aliphatic rings. The van der Waals surface area contributed by atoms with Crippen LogP contribution in [0.5, 0.6) is 0 Å². The lowest BCUT2D eigenvalue weighted by atomic mass is 9.75. The molecular weight excluding hydrogens is 216 g/mol. The van der Waals surface area contributed by atoms with Crippen LogP contribution in [-0.2, 0) is 13.0 Å². The number of rotatable bonds is 7. The number of nitrogens with zero attached hydrogens (tertiary/aromatic N) is 3. The molecule has 3 N–H and O–H groups in total. The number of hydrogen-bond acceptors (Lipinski definition) is 4. The van der Waals surface area contributed by atoms with Crippen molar-refractivity contribution in [1.29, 1.82) is 0 Å². The largest absolute Gasteiger partial charge is 0.396 e. The Morgan fingerprint density at radius 2 is 2.24 bits per heavy atom. The fourth-order valence-electron chi connectivity index (χ4n) is 1.95. The summed E-state index contributed by atoms with van der Waals surface area (Å²) < 4.78 is 1.91. The van der Waals surface area contributed by atoms with Crippen molar-refractivity contribution >= 4 is 0 Å². The van der Waals surface area contributed by atoms with E-state index in [9.17, 15) is 5.11 Å². The van der Waals surface area contributed by atoms with Crippen LogP contribution in [0, 0.1) is 11.3 Å². The van der Waals surface area contributed by atoms with E-state index < -0.39 is 0 Å². The average Bonchev–Trinajstić information content (AvgIpc) is 2.73. The Morgan fingerprint density at radius 1 is 1.53 bits per heavy atom. The van der Waals surface area contributed by atoms with Crippen molar-refractivity contribution in [3.63, 3.8) is 0 Å². The second kappa shape index (κ2) is 6.12. The molecule has 0 saturated carbocycles. The van der Waals surface area contributed by atoms with Crippen LogP contribution in [0.4, 0.5) is 0 Å². The SMILES string of the molecule is CCCn1ncnc1CC(CN)(CO)C(C)C. The molecular formula is C12H24N4O. The number of nitrogens with two attached hydrogens (primary N) is 1. The molecule has 17 heavy (non-hydrogen) atoms. The van der Waals surface area contributed by atoms with Crippen LogP contribution in [0.2, 0.25) is 0 Å². The Morgan fingerprint density at radius 3 is 2.71 bits per heavy atom. The molecule has 0 radical (unpaired) electrons. The number of hydrogen-bond donors (Lipinski definition) is 2. The van der Waals surface area contributed by atoms with Gasteiger partial charge in [-0.2, -0.15) is 5.10 Å². The highest BCUT2D eigenvalue weighted by Gasteiger charge is 2.33. The lowest BCUT2D eigenvalue weighted by Gasteiger charge is -2.34. The summed E-state index contributed by atoms with van der Waals surface area (Å²) in [5.41, 5.74) is 5.55. The smallest absolute Gasteiger partial charge is 0.138 e. The first-order chi connectivity index (χ1) is 8.09. The van der Waals surface area contributed by atoms with Gasteiger partial charge in [0.05, 0.1) is 6.61 Å². The van der Waals surface area contributed by atoms with Crippen LogP contribution in [0.1, 0.15) is 33.0 Å². The standard InChI is InChI=1S/C12H24N4O/c1-4-5-16-11(14-9-15-16)6-12(7-13,8-17)10(2)3/h9-10,17H,4-8,13H2,1-3H3. The maximum atomic E-state index is 9.63. The maximum Gasteiger partial charge on any atom is 0.138 e. The third-order valence-corrected chi connectivity index (χ3v) is 3.59. The Balaban J connectivity index is 2.89. The summed E-state index contributed by atoms with van der Waals surface area (Å²) in [4.78, 5) is 4.28. The molecule has 0 aromatic carbocycles. The molecule has 0 bridgehead atoms. The predicted octanol–water partition coefficient (Wildman–Crippen LogP) is 0.824. The van der Waals surface area contributed by atoms with Gasteiger partial charge in [0, 0.05) is 24.9 Å². The first kappa shape index (κ1) is 14.1. The highest BCUT2D eigenvalue weighted by molar-refractivity contribution is 4.96. The third-order valence-electron chi connectivity index (χ3n) is 3.59. The summed E-state index contributed by atoms with van der Waals surface area (Å²) in [5.74, 6) is 1.23. The van der Waals surface area contributed by atoms with Crippen LogP contribution in [0.25, 0.3) is 0 Å². The van der Waals surface area contributed by atoms with Gasteiger partial charge in [0.1, 0.15) is 12.2 Å². The summed E-state index contributed by atoms with van der Waals surface area (Å²) in [6, 6.07) is 0. The van der Waals surface area contributed by atoms with Crippen molar-refractivity contribution in [2.45, 2.75) is 40.2 Å². The van der Waals surface area contributed by atoms with E-state index in [4.69, 9.17) is 5.73 Å². The van der Waals surface area contributed by atoms with E-state index in [1.807, 2.05) is 4.68 Å². The number of aromatic nitrogens is 3. The topological polar surface area (TPSA) is 77.0 Å². The van der Waals surface area contributed by atoms with Crippen LogP contribution in [0.15, 0.2) is 6.33 Å². The van der Waals surface area contributed by atoms with Gasteiger partial charge in [-0.05, 0) is 12.3 Å². The van der Waals surface area contributed by atoms with Crippen molar-refractivity contribution in [3.05, 3.63) is 12.2 Å². The molecule has 0 saturated heterocycles. The molecule has 1 aromatic rings. The van der Waals surface area contributed by atoms with Gasteiger partial charge in [0.25, 0.3) is 0 Å². The normalized spacial score (nSPS) is 15.2. The van der Waals surface area contributed by atoms with E-state index in [1.165, 1.54) is 0 Å². The highest BCUT2D eigenvalue weighted by atomic mass is 16.3. The number of aliphatic hydroxyl groups is 1. The molecule has 0 fully saturated rings. The molecule has 0 spiro atoms. The van der Waals surface area contributed by atoms with Crippen LogP contribution in [0.3, 0.4) is 0 Å². The van der Waals surface area contributed by atoms with Gasteiger partial charge in [-0.3, -0.25) is 4.68 Å². The lowest BCUT2D eigenvalue weighted by Crippen LogP contribution is -2.42. The van der Waals surface area contributed by atoms with E-state index >= 15 is 0 Å². The maximum absolute atomic E-state index is 9.63. The van der Waals surface area contributed by atoms with E-state index in [2.05, 4.69) is 30.9 Å². The molecule has 1 atom stereocenters. The summed E-state index contributed by atoms with van der Waals surface area (Å²) >= 11 is 0. The molecule has 0 aliphatic heterocycles. The first-order valence-electron chi connectivity index (χ1n) is 6.27. The van der Waals surface area contributed by atoms with Gasteiger partial charge >= 0.3 is 0 Å². The van der Waals surface area contributed by atoms with Crippen LogP contribution < -0.4 is 5.73 Å². The molecule has 1 aromatic heterocycles. The monoisotopic (exact) mass is 240 g/mol. The van der Waals surface area contributed by atoms with E-state index in [-0.39, 0.29) is 12.0 Å². The van der Waals surface area contributed by atoms with Crippen molar-refractivity contribution in [3.8, 4) is 0 Å². The summed E-state index contributed by atoms with van der Waals surface area (Å²) in [7, 11) is 0. The zero-order valence-electron chi connectivity index (χ0n) is 11.1. The minimum absolute atomic E-state index is 0.0835. The van der Waals surface area contributed by atoms with Gasteiger partial charge in [-0.25, -0.2) is 4.98 Å². The zero-order valence-corrected chi connectivity index (χ0v) is 11.1. The van der Waals surface area contributed by atoms with Crippen LogP contribution in [-0.4, -0.2) is 33.0 Å². The molecule has 5 heteroatoms. The molecule has 1 unspecified atom stereocenters. The van der Waals surface area contributed by atoms with Gasteiger partial charge in [0.15, 0.2) is 0 Å². The highest BCUT2D eigenvalue weighted by Crippen LogP contribution is 2.29. The van der Waals surface area contributed by atoms with Crippen molar-refractivity contribution in [2.75, 3.05) is 13.2 Å². The summed E-state index contributed by atoms with van der Waals surface area (Å²) in [6.07, 6.45) is 3.27. The second-order valence-electron chi connectivity index (χ2n) is 4.96. The van der Waals surface area contributed by atoms with Crippen molar-refractivity contribution in [1.82, 2.24) is 14.8 Å². The second-order valence-corrected chi connectivity index (χ2v) is 4.96. The fraction of sp³-hybridized carbons (Fsp3) is 0.833. The zero-order chi connectivity index (χ0) is 12.9. The van der Waals surface area contributed by atoms with Gasteiger partial charge in [-0.1, -0.05) is 20.8 Å². The number of aryl methyl sites for hydroxylation is 1. The van der Waals surface area contributed by atoms with E-state index in [0.29, 0.717) is 18.9 Å². The Kier molecular flexibility index (Phi) is 5.08. The average molecular weight is 240 g/mol. The number of aliphatic hydroxyl groups excluding tert-OH is 1. The molecule has 1 heterocycles. The Bertz CT molecular complexity index is 331. The van der Waals surface area contributed by atoms with Gasteiger partial charge in [0.2, 0.25) is 0 Å². The van der Waals surface area contributed by atoms with Crippen molar-refractivity contribution in [2.24, 2.45) is 17.1 Å². The van der Waals surface area contributed by atoms with E-state index in [0.717, 1.165) is 18.8 Å². The predicted molar refractivity (Wildman–Crippen MR) is 67.4 cm³/mol. The summed E-state index contributed by atoms with van der Waals surface area (Å²) in [6.45, 7) is 7.68. The molecule has 1 rings (SSSR count). The molecule has 98 valence electrons. The quantitative estimate of drug-likeness (QED) is 0.740.